The molecule has 0 saturated carbocycles. The molecule has 0 aliphatic heterocycles. The minimum atomic E-state index is 0.659. The summed E-state index contributed by atoms with van der Waals surface area (Å²) in [6.45, 7) is 1.54. The predicted molar refractivity (Wildman–Crippen MR) is 65.5 cm³/mol. The van der Waals surface area contributed by atoms with Crippen molar-refractivity contribution >= 4 is 44.0 Å². The van der Waals surface area contributed by atoms with Crippen molar-refractivity contribution in [3.63, 3.8) is 0 Å². The summed E-state index contributed by atoms with van der Waals surface area (Å²) in [5, 5.41) is 10.8. The summed E-state index contributed by atoms with van der Waals surface area (Å²) in [5.41, 5.74) is 0. The number of hydrogen-bond acceptors (Lipinski definition) is 4. The summed E-state index contributed by atoms with van der Waals surface area (Å²) in [4.78, 5) is 4.22. The molecule has 4 nitrogen and oxygen atoms in total. The van der Waals surface area contributed by atoms with Crippen molar-refractivity contribution < 1.29 is 0 Å². The fraction of sp³-hybridized carbons (Fsp3) is 0.250. The molecule has 0 unspecified atom stereocenters. The van der Waals surface area contributed by atoms with Crippen molar-refractivity contribution in [3.05, 3.63) is 27.4 Å². The van der Waals surface area contributed by atoms with Crippen molar-refractivity contribution in [2.75, 3.05) is 11.9 Å². The lowest BCUT2D eigenvalue weighted by molar-refractivity contribution is 0.637. The standard InChI is InChI=1S/C8H8BrClN4S/c9-7-5-15-8(13-7)11-1-2-14-4-6(10)3-12-14/h3-5H,1-2H2,(H,11,13). The van der Waals surface area contributed by atoms with Gasteiger partial charge >= 0.3 is 0 Å². The Bertz CT molecular complexity index is 401. The van der Waals surface area contributed by atoms with Gasteiger partial charge in [0.2, 0.25) is 0 Å². The van der Waals surface area contributed by atoms with Gasteiger partial charge in [0.05, 0.1) is 17.8 Å². The molecule has 0 radical (unpaired) electrons. The molecule has 0 fully saturated rings. The Labute approximate surface area is 104 Å². The van der Waals surface area contributed by atoms with E-state index in [2.05, 4.69) is 31.3 Å². The Morgan fingerprint density at radius 3 is 3.07 bits per heavy atom. The number of aromatic nitrogens is 3. The van der Waals surface area contributed by atoms with Crippen LogP contribution in [-0.4, -0.2) is 21.3 Å². The Morgan fingerprint density at radius 2 is 2.47 bits per heavy atom. The number of halogens is 2. The number of anilines is 1. The van der Waals surface area contributed by atoms with Crippen LogP contribution in [0.1, 0.15) is 0 Å². The third-order valence-corrected chi connectivity index (χ3v) is 3.40. The summed E-state index contributed by atoms with van der Waals surface area (Å²) < 4.78 is 2.65. The maximum Gasteiger partial charge on any atom is 0.183 e. The van der Waals surface area contributed by atoms with Gasteiger partial charge in [-0.1, -0.05) is 11.6 Å². The highest BCUT2D eigenvalue weighted by Crippen LogP contribution is 2.18. The van der Waals surface area contributed by atoms with Crippen molar-refractivity contribution in [1.29, 1.82) is 0 Å². The van der Waals surface area contributed by atoms with Crippen LogP contribution in [0.5, 0.6) is 0 Å². The van der Waals surface area contributed by atoms with Crippen LogP contribution in [0.3, 0.4) is 0 Å². The first-order chi connectivity index (χ1) is 7.24. The molecule has 0 amide bonds. The number of thiazole rings is 1. The Hall–Kier alpha value is -0.590. The zero-order valence-corrected chi connectivity index (χ0v) is 10.8. The van der Waals surface area contributed by atoms with Gasteiger partial charge in [0, 0.05) is 18.1 Å². The van der Waals surface area contributed by atoms with Crippen LogP contribution >= 0.6 is 38.9 Å². The maximum atomic E-state index is 5.74. The second-order valence-corrected chi connectivity index (χ2v) is 4.93. The average Bonchev–Trinajstić information content (AvgIpc) is 2.76. The Balaban J connectivity index is 1.80. The fourth-order valence-electron chi connectivity index (χ4n) is 1.07. The molecule has 1 N–H and O–H groups in total. The van der Waals surface area contributed by atoms with Crippen molar-refractivity contribution in [3.8, 4) is 0 Å². The largest absolute Gasteiger partial charge is 0.360 e. The first kappa shape index (κ1) is 10.9. The minimum Gasteiger partial charge on any atom is -0.360 e. The van der Waals surface area contributed by atoms with Crippen LogP contribution in [0, 0.1) is 0 Å². The Morgan fingerprint density at radius 1 is 1.60 bits per heavy atom. The summed E-state index contributed by atoms with van der Waals surface area (Å²) in [5.74, 6) is 0. The van der Waals surface area contributed by atoms with E-state index in [0.29, 0.717) is 5.02 Å². The SMILES string of the molecule is Clc1cnn(CCNc2nc(Br)cs2)c1. The first-order valence-corrected chi connectivity index (χ1v) is 6.32. The van der Waals surface area contributed by atoms with Crippen LogP contribution in [0.2, 0.25) is 5.02 Å². The monoisotopic (exact) mass is 306 g/mol. The van der Waals surface area contributed by atoms with E-state index in [0.717, 1.165) is 22.8 Å². The molecule has 0 bridgehead atoms. The fourth-order valence-corrected chi connectivity index (χ4v) is 2.40. The lowest BCUT2D eigenvalue weighted by atomic mass is 10.6. The van der Waals surface area contributed by atoms with Crippen LogP contribution < -0.4 is 5.32 Å². The maximum absolute atomic E-state index is 5.74. The molecule has 2 rings (SSSR count). The quantitative estimate of drug-likeness (QED) is 0.944. The van der Waals surface area contributed by atoms with E-state index in [1.54, 1.807) is 28.4 Å². The molecule has 2 aromatic heterocycles. The second-order valence-electron chi connectivity index (χ2n) is 2.82. The van der Waals surface area contributed by atoms with Gasteiger partial charge in [0.15, 0.2) is 5.13 Å². The van der Waals surface area contributed by atoms with E-state index >= 15 is 0 Å². The van der Waals surface area contributed by atoms with Gasteiger partial charge < -0.3 is 5.32 Å². The van der Waals surface area contributed by atoms with E-state index in [9.17, 15) is 0 Å². The third kappa shape index (κ3) is 3.19. The highest BCUT2D eigenvalue weighted by Gasteiger charge is 1.99. The van der Waals surface area contributed by atoms with E-state index in [1.807, 2.05) is 5.38 Å². The van der Waals surface area contributed by atoms with Gasteiger partial charge in [-0.25, -0.2) is 4.98 Å². The van der Waals surface area contributed by atoms with Crippen LogP contribution in [-0.2, 0) is 6.54 Å². The van der Waals surface area contributed by atoms with Gasteiger partial charge in [-0.2, -0.15) is 5.10 Å². The van der Waals surface area contributed by atoms with Gasteiger partial charge in [0.25, 0.3) is 0 Å². The number of rotatable bonds is 4. The number of nitrogens with zero attached hydrogens (tertiary/aromatic N) is 3. The molecule has 0 saturated heterocycles. The topological polar surface area (TPSA) is 42.7 Å². The van der Waals surface area contributed by atoms with Crippen LogP contribution in [0.25, 0.3) is 0 Å². The van der Waals surface area contributed by atoms with Gasteiger partial charge in [-0.15, -0.1) is 11.3 Å². The second kappa shape index (κ2) is 4.96. The zero-order chi connectivity index (χ0) is 10.7. The molecule has 80 valence electrons. The molecule has 2 aromatic rings. The zero-order valence-electron chi connectivity index (χ0n) is 7.65. The molecule has 0 aliphatic carbocycles. The van der Waals surface area contributed by atoms with Crippen molar-refractivity contribution in [1.82, 2.24) is 14.8 Å². The third-order valence-electron chi connectivity index (χ3n) is 1.70. The summed E-state index contributed by atoms with van der Waals surface area (Å²) in [6.07, 6.45) is 3.42. The summed E-state index contributed by atoms with van der Waals surface area (Å²) >= 11 is 10.6. The van der Waals surface area contributed by atoms with Crippen molar-refractivity contribution in [2.24, 2.45) is 0 Å². The van der Waals surface area contributed by atoms with Crippen LogP contribution in [0.15, 0.2) is 22.4 Å². The molecule has 0 aromatic carbocycles. The molecule has 7 heteroatoms. The van der Waals surface area contributed by atoms with Gasteiger partial charge in [-0.3, -0.25) is 4.68 Å². The lowest BCUT2D eigenvalue weighted by Gasteiger charge is -2.02. The summed E-state index contributed by atoms with van der Waals surface area (Å²) in [6, 6.07) is 0. The smallest absolute Gasteiger partial charge is 0.183 e. The average molecular weight is 308 g/mol. The first-order valence-electron chi connectivity index (χ1n) is 4.27. The van der Waals surface area contributed by atoms with Gasteiger partial charge in [0.1, 0.15) is 4.60 Å². The molecule has 0 atom stereocenters. The number of nitrogens with one attached hydrogen (secondary N) is 1. The molecule has 2 heterocycles. The number of hydrogen-bond donors (Lipinski definition) is 1. The molecular weight excluding hydrogens is 300 g/mol. The van der Waals surface area contributed by atoms with Crippen molar-refractivity contribution in [2.45, 2.75) is 6.54 Å². The molecule has 0 aliphatic rings. The van der Waals surface area contributed by atoms with E-state index < -0.39 is 0 Å². The van der Waals surface area contributed by atoms with E-state index in [4.69, 9.17) is 11.6 Å². The minimum absolute atomic E-state index is 0.659. The van der Waals surface area contributed by atoms with E-state index in [-0.39, 0.29) is 0 Å². The van der Waals surface area contributed by atoms with E-state index in [1.165, 1.54) is 0 Å². The molecular formula is C8H8BrClN4S. The lowest BCUT2D eigenvalue weighted by Crippen LogP contribution is -2.10. The van der Waals surface area contributed by atoms with Gasteiger partial charge in [-0.05, 0) is 15.9 Å². The molecule has 15 heavy (non-hydrogen) atoms. The summed E-state index contributed by atoms with van der Waals surface area (Å²) in [7, 11) is 0. The molecule has 0 spiro atoms. The highest BCUT2D eigenvalue weighted by molar-refractivity contribution is 9.10. The van der Waals surface area contributed by atoms with Crippen LogP contribution in [0.4, 0.5) is 5.13 Å². The predicted octanol–water partition coefficient (Wildman–Crippen LogP) is 2.87. The Kier molecular flexibility index (Phi) is 3.61. The normalized spacial score (nSPS) is 10.5. The highest BCUT2D eigenvalue weighted by atomic mass is 79.9.